The highest BCUT2D eigenvalue weighted by atomic mass is 32.2. The Morgan fingerprint density at radius 3 is 2.67 bits per heavy atom. The van der Waals surface area contributed by atoms with Gasteiger partial charge in [-0.2, -0.15) is 11.8 Å². The molecule has 1 aliphatic heterocycles. The Balaban J connectivity index is 1.86. The Kier molecular flexibility index (Phi) is 8.09. The third kappa shape index (κ3) is 6.21. The molecule has 0 radical (unpaired) electrons. The summed E-state index contributed by atoms with van der Waals surface area (Å²) in [5.74, 6) is 1.27. The van der Waals surface area contributed by atoms with Crippen molar-refractivity contribution < 1.29 is 14.9 Å². The lowest BCUT2D eigenvalue weighted by atomic mass is 10.1. The van der Waals surface area contributed by atoms with Crippen molar-refractivity contribution in [2.45, 2.75) is 58.2 Å². The molecule has 0 aliphatic carbocycles. The van der Waals surface area contributed by atoms with Crippen LogP contribution in [0.2, 0.25) is 0 Å². The summed E-state index contributed by atoms with van der Waals surface area (Å²) in [7, 11) is 0. The van der Waals surface area contributed by atoms with Crippen LogP contribution in [-0.4, -0.2) is 49.6 Å². The first-order valence-corrected chi connectivity index (χ1v) is 10.1. The average molecular weight is 397 g/mol. The van der Waals surface area contributed by atoms with Crippen molar-refractivity contribution in [3.8, 4) is 0 Å². The summed E-state index contributed by atoms with van der Waals surface area (Å²) in [6, 6.07) is 1.18. The Hall–Kier alpha value is -1.61. The maximum atomic E-state index is 11.9. The van der Waals surface area contributed by atoms with E-state index in [1.54, 1.807) is 11.8 Å². The number of allylic oxidation sites excluding steroid dienone is 3. The molecule has 1 saturated heterocycles. The third-order valence-electron chi connectivity index (χ3n) is 4.39. The van der Waals surface area contributed by atoms with Crippen LogP contribution in [0.4, 0.5) is 0 Å². The molecule has 1 aromatic heterocycles. The van der Waals surface area contributed by atoms with E-state index in [9.17, 15) is 19.8 Å². The summed E-state index contributed by atoms with van der Waals surface area (Å²) in [5.41, 5.74) is 1.43. The number of aliphatic hydroxyl groups excluding tert-OH is 2. The van der Waals surface area contributed by atoms with E-state index in [2.05, 4.69) is 37.9 Å². The highest BCUT2D eigenvalue weighted by molar-refractivity contribution is 7.99. The van der Waals surface area contributed by atoms with Gasteiger partial charge in [-0.15, -0.1) is 0 Å². The molecule has 0 amide bonds. The van der Waals surface area contributed by atoms with E-state index in [1.165, 1.54) is 23.4 Å². The van der Waals surface area contributed by atoms with Crippen LogP contribution in [0.15, 0.2) is 45.2 Å². The molecule has 1 aliphatic rings. The smallest absolute Gasteiger partial charge is 0.330 e. The first-order valence-electron chi connectivity index (χ1n) is 8.99. The van der Waals surface area contributed by atoms with Crippen molar-refractivity contribution in [1.82, 2.24) is 9.55 Å². The zero-order valence-corrected chi connectivity index (χ0v) is 16.7. The second kappa shape index (κ2) is 10.1. The number of nitrogens with one attached hydrogen (secondary N) is 1. The lowest BCUT2D eigenvalue weighted by Crippen LogP contribution is -2.37. The van der Waals surface area contributed by atoms with Gasteiger partial charge in [-0.05, 0) is 33.6 Å². The normalized spacial score (nSPS) is 25.6. The zero-order chi connectivity index (χ0) is 20.0. The van der Waals surface area contributed by atoms with Gasteiger partial charge >= 0.3 is 5.69 Å². The fraction of sp³-hybridized carbons (Fsp3) is 0.579. The predicted molar refractivity (Wildman–Crippen MR) is 107 cm³/mol. The van der Waals surface area contributed by atoms with Crippen molar-refractivity contribution in [1.29, 1.82) is 0 Å². The van der Waals surface area contributed by atoms with E-state index in [1.807, 2.05) is 0 Å². The Labute approximate surface area is 162 Å². The maximum Gasteiger partial charge on any atom is 0.330 e. The number of aliphatic hydroxyl groups is 2. The number of thioether (sulfide) groups is 1. The van der Waals surface area contributed by atoms with Gasteiger partial charge in [-0.25, -0.2) is 4.79 Å². The zero-order valence-electron chi connectivity index (χ0n) is 15.9. The van der Waals surface area contributed by atoms with E-state index in [0.29, 0.717) is 5.75 Å². The number of hydrogen-bond donors (Lipinski definition) is 3. The van der Waals surface area contributed by atoms with E-state index in [0.717, 1.165) is 23.2 Å². The van der Waals surface area contributed by atoms with Gasteiger partial charge in [-0.1, -0.05) is 23.3 Å². The van der Waals surface area contributed by atoms with Crippen LogP contribution in [0.25, 0.3) is 0 Å². The fourth-order valence-electron chi connectivity index (χ4n) is 2.80. The fourth-order valence-corrected chi connectivity index (χ4v) is 3.85. The highest BCUT2D eigenvalue weighted by Gasteiger charge is 2.43. The van der Waals surface area contributed by atoms with Crippen LogP contribution in [0.5, 0.6) is 0 Å². The first kappa shape index (κ1) is 21.7. The molecule has 0 aromatic carbocycles. The molecule has 3 N–H and O–H groups in total. The second-order valence-corrected chi connectivity index (χ2v) is 8.05. The molecule has 4 atom stereocenters. The highest BCUT2D eigenvalue weighted by Crippen LogP contribution is 2.30. The molecule has 2 heterocycles. The van der Waals surface area contributed by atoms with Crippen molar-refractivity contribution in [3.05, 3.63) is 56.4 Å². The summed E-state index contributed by atoms with van der Waals surface area (Å²) < 4.78 is 6.77. The van der Waals surface area contributed by atoms with E-state index in [4.69, 9.17) is 4.74 Å². The number of nitrogens with zero attached hydrogens (tertiary/aromatic N) is 1. The van der Waals surface area contributed by atoms with Crippen LogP contribution >= 0.6 is 11.8 Å². The quantitative estimate of drug-likeness (QED) is 0.455. The van der Waals surface area contributed by atoms with Crippen LogP contribution in [0.1, 0.15) is 39.8 Å². The molecule has 1 fully saturated rings. The molecule has 8 heteroatoms. The van der Waals surface area contributed by atoms with Crippen molar-refractivity contribution in [3.63, 3.8) is 0 Å². The minimum absolute atomic E-state index is 0.491. The number of ether oxygens (including phenoxy) is 1. The van der Waals surface area contributed by atoms with Crippen molar-refractivity contribution in [2.24, 2.45) is 0 Å². The first-order chi connectivity index (χ1) is 12.8. The van der Waals surface area contributed by atoms with Gasteiger partial charge in [-0.3, -0.25) is 14.3 Å². The molecule has 7 nitrogen and oxygen atoms in total. The number of aromatic amines is 1. The minimum atomic E-state index is -1.24. The summed E-state index contributed by atoms with van der Waals surface area (Å²) in [4.78, 5) is 25.1. The average Bonchev–Trinajstić information content (AvgIpc) is 2.87. The van der Waals surface area contributed by atoms with Gasteiger partial charge in [0.15, 0.2) is 6.23 Å². The number of H-pyrrole nitrogens is 1. The van der Waals surface area contributed by atoms with Gasteiger partial charge in [0.25, 0.3) is 5.56 Å². The van der Waals surface area contributed by atoms with E-state index >= 15 is 0 Å². The summed E-state index contributed by atoms with van der Waals surface area (Å²) in [6.07, 6.45) is 3.74. The molecule has 0 spiro atoms. The van der Waals surface area contributed by atoms with Crippen LogP contribution in [-0.2, 0) is 4.74 Å². The molecular formula is C19H28N2O5S. The van der Waals surface area contributed by atoms with E-state index < -0.39 is 35.8 Å². The summed E-state index contributed by atoms with van der Waals surface area (Å²) >= 11 is 1.60. The molecule has 2 unspecified atom stereocenters. The Morgan fingerprint density at radius 2 is 2.00 bits per heavy atom. The summed E-state index contributed by atoms with van der Waals surface area (Å²) in [5, 5.41) is 20.4. The standard InChI is InChI=1S/C19H28N2O5S/c1-12(2)5-4-6-13(3)8-10-27-11-14-16(23)17(24)18(26-14)21-9-7-15(22)20-19(21)25/h5,7-9,14,16-18,23-24H,4,6,10-11H2,1-3H3,(H,20,22,25)/b13-8+/t14-,16?,17?,18-/m1/s1. The Morgan fingerprint density at radius 1 is 1.26 bits per heavy atom. The molecule has 150 valence electrons. The lowest BCUT2D eigenvalue weighted by Gasteiger charge is -2.16. The van der Waals surface area contributed by atoms with Crippen LogP contribution in [0, 0.1) is 0 Å². The Bertz CT molecular complexity index is 794. The number of rotatable bonds is 8. The predicted octanol–water partition coefficient (Wildman–Crippen LogP) is 1.58. The number of aromatic nitrogens is 2. The summed E-state index contributed by atoms with van der Waals surface area (Å²) in [6.45, 7) is 6.28. The van der Waals surface area contributed by atoms with Gasteiger partial charge in [0.2, 0.25) is 0 Å². The molecule has 2 rings (SSSR count). The topological polar surface area (TPSA) is 105 Å². The molecule has 27 heavy (non-hydrogen) atoms. The second-order valence-electron chi connectivity index (χ2n) is 6.97. The van der Waals surface area contributed by atoms with Gasteiger partial charge in [0, 0.05) is 23.8 Å². The van der Waals surface area contributed by atoms with Crippen molar-refractivity contribution in [2.75, 3.05) is 11.5 Å². The molecule has 1 aromatic rings. The number of hydrogen-bond acceptors (Lipinski definition) is 6. The SMILES string of the molecule is CC(C)=CCC/C(C)=C/CSC[C@H]1O[C@@H](n2ccc(=O)[nH]c2=O)C(O)C1O. The van der Waals surface area contributed by atoms with E-state index in [-0.39, 0.29) is 0 Å². The maximum absolute atomic E-state index is 11.9. The van der Waals surface area contributed by atoms with Crippen LogP contribution < -0.4 is 11.2 Å². The van der Waals surface area contributed by atoms with Crippen LogP contribution in [0.3, 0.4) is 0 Å². The molecular weight excluding hydrogens is 368 g/mol. The monoisotopic (exact) mass is 396 g/mol. The van der Waals surface area contributed by atoms with Gasteiger partial charge < -0.3 is 14.9 Å². The van der Waals surface area contributed by atoms with Crippen molar-refractivity contribution >= 4 is 11.8 Å². The molecule has 0 saturated carbocycles. The van der Waals surface area contributed by atoms with Gasteiger partial charge in [0.05, 0.1) is 6.10 Å². The molecule has 0 bridgehead atoms. The minimum Gasteiger partial charge on any atom is -0.387 e. The largest absolute Gasteiger partial charge is 0.387 e. The lowest BCUT2D eigenvalue weighted by molar-refractivity contribution is -0.0340. The third-order valence-corrected chi connectivity index (χ3v) is 5.35. The van der Waals surface area contributed by atoms with Gasteiger partial charge in [0.1, 0.15) is 12.2 Å².